The van der Waals surface area contributed by atoms with Gasteiger partial charge in [-0.1, -0.05) is 60.1 Å². The van der Waals surface area contributed by atoms with Crippen LogP contribution in [-0.4, -0.2) is 64.3 Å². The van der Waals surface area contributed by atoms with E-state index in [0.29, 0.717) is 18.4 Å². The second-order valence-corrected chi connectivity index (χ2v) is 11.3. The number of benzene rings is 2. The van der Waals surface area contributed by atoms with Crippen LogP contribution in [0.4, 0.5) is 0 Å². The van der Waals surface area contributed by atoms with Gasteiger partial charge in [0.05, 0.1) is 13.1 Å². The summed E-state index contributed by atoms with van der Waals surface area (Å²) < 4.78 is 12.9. The quantitative estimate of drug-likeness (QED) is 0.343. The Kier molecular flexibility index (Phi) is 6.59. The van der Waals surface area contributed by atoms with E-state index in [9.17, 15) is 4.79 Å². The highest BCUT2D eigenvalue weighted by molar-refractivity contribution is 5.82. The predicted molar refractivity (Wildman–Crippen MR) is 140 cm³/mol. The van der Waals surface area contributed by atoms with Crippen LogP contribution in [0.2, 0.25) is 0 Å². The van der Waals surface area contributed by atoms with Gasteiger partial charge >= 0.3 is 5.97 Å². The minimum atomic E-state index is -0.767. The fourth-order valence-electron chi connectivity index (χ4n) is 6.68. The molecule has 0 saturated carbocycles. The number of carbonyl (C=O) groups is 1. The van der Waals surface area contributed by atoms with Crippen molar-refractivity contribution in [1.82, 2.24) is 15.0 Å². The van der Waals surface area contributed by atoms with E-state index in [-0.39, 0.29) is 12.1 Å². The van der Waals surface area contributed by atoms with Crippen molar-refractivity contribution >= 4 is 5.97 Å². The van der Waals surface area contributed by atoms with Crippen molar-refractivity contribution in [2.24, 2.45) is 5.92 Å². The first-order chi connectivity index (χ1) is 18.1. The zero-order chi connectivity index (χ0) is 25.3. The molecule has 0 amide bonds. The highest BCUT2D eigenvalue weighted by Gasteiger charge is 2.51. The van der Waals surface area contributed by atoms with E-state index in [4.69, 9.17) is 14.2 Å². The summed E-state index contributed by atoms with van der Waals surface area (Å²) in [6.07, 6.45) is 5.52. The van der Waals surface area contributed by atoms with Crippen LogP contribution < -0.4 is 0 Å². The largest absolute Gasteiger partial charge is 0.454 e. The first-order valence-corrected chi connectivity index (χ1v) is 13.8. The molecule has 0 aliphatic carbocycles. The number of piperidine rings is 4. The molecule has 7 heteroatoms. The Morgan fingerprint density at radius 1 is 1.03 bits per heavy atom. The molecule has 4 aliphatic heterocycles. The lowest BCUT2D eigenvalue weighted by Crippen LogP contribution is -2.64. The second-order valence-electron chi connectivity index (χ2n) is 11.3. The van der Waals surface area contributed by atoms with Gasteiger partial charge in [0.1, 0.15) is 18.6 Å². The molecule has 0 spiro atoms. The number of fused-ring (bicyclic) bond motifs is 3. The maximum Gasteiger partial charge on any atom is 0.331 e. The summed E-state index contributed by atoms with van der Waals surface area (Å²) in [6.45, 7) is 7.57. The van der Waals surface area contributed by atoms with Crippen molar-refractivity contribution < 1.29 is 18.5 Å². The molecular formula is C30H37N4O3+. The number of rotatable bonds is 7. The van der Waals surface area contributed by atoms with E-state index >= 15 is 0 Å². The van der Waals surface area contributed by atoms with E-state index in [1.807, 2.05) is 48.5 Å². The van der Waals surface area contributed by atoms with Gasteiger partial charge in [-0.25, -0.2) is 4.79 Å². The number of esters is 1. The van der Waals surface area contributed by atoms with Gasteiger partial charge in [-0.05, 0) is 50.6 Å². The summed E-state index contributed by atoms with van der Waals surface area (Å²) in [5.74, 6) is 1.61. The number of hydrogen-bond acceptors (Lipinski definition) is 6. The summed E-state index contributed by atoms with van der Waals surface area (Å²) in [5.41, 5.74) is 1.19. The summed E-state index contributed by atoms with van der Waals surface area (Å²) >= 11 is 0. The lowest BCUT2D eigenvalue weighted by Gasteiger charge is -2.52. The molecular weight excluding hydrogens is 464 g/mol. The van der Waals surface area contributed by atoms with Gasteiger partial charge in [0, 0.05) is 24.3 Å². The normalized spacial score (nSPS) is 27.5. The number of ether oxygens (including phenoxy) is 1. The van der Waals surface area contributed by atoms with Crippen LogP contribution >= 0.6 is 0 Å². The Hall–Kier alpha value is -3.03. The van der Waals surface area contributed by atoms with E-state index in [0.717, 1.165) is 79.8 Å². The summed E-state index contributed by atoms with van der Waals surface area (Å²) in [4.78, 5) is 21.1. The second kappa shape index (κ2) is 10.0. The third kappa shape index (κ3) is 4.71. The average molecular weight is 502 g/mol. The maximum absolute atomic E-state index is 14.0. The molecule has 194 valence electrons. The van der Waals surface area contributed by atoms with Crippen LogP contribution in [0, 0.1) is 5.92 Å². The van der Waals surface area contributed by atoms with Crippen LogP contribution in [0.5, 0.6) is 0 Å². The van der Waals surface area contributed by atoms with Crippen LogP contribution in [0.25, 0.3) is 11.5 Å². The molecule has 4 fully saturated rings. The van der Waals surface area contributed by atoms with Crippen LogP contribution in [0.3, 0.4) is 0 Å². The van der Waals surface area contributed by atoms with Crippen molar-refractivity contribution in [3.63, 3.8) is 0 Å². The number of aromatic nitrogens is 2. The lowest BCUT2D eigenvalue weighted by molar-refractivity contribution is -0.958. The topological polar surface area (TPSA) is 68.5 Å². The van der Waals surface area contributed by atoms with Gasteiger partial charge in [0.15, 0.2) is 6.10 Å². The number of nitrogens with zero attached hydrogens (tertiary/aromatic N) is 4. The predicted octanol–water partition coefficient (Wildman–Crippen LogP) is 4.79. The Bertz CT molecular complexity index is 1200. The molecule has 7 rings (SSSR count). The van der Waals surface area contributed by atoms with Crippen LogP contribution in [0.15, 0.2) is 65.2 Å². The van der Waals surface area contributed by atoms with E-state index < -0.39 is 5.54 Å². The molecule has 2 bridgehead atoms. The molecule has 5 heterocycles. The Balaban J connectivity index is 1.20. The highest BCUT2D eigenvalue weighted by Crippen LogP contribution is 2.39. The van der Waals surface area contributed by atoms with Crippen LogP contribution in [-0.2, 0) is 21.6 Å². The van der Waals surface area contributed by atoms with Gasteiger partial charge in [0.25, 0.3) is 5.89 Å². The van der Waals surface area contributed by atoms with Crippen LogP contribution in [0.1, 0.15) is 50.4 Å². The third-order valence-corrected chi connectivity index (χ3v) is 8.99. The molecule has 1 aromatic heterocycles. The SMILES string of the molecule is C[C@](C(=O)O[C@H]1C[N+]2(Cc3noc(-c4ccccc4)n3)CCC1CC2)(c1ccccc1)N1CCCCC1. The molecule has 3 aromatic rings. The molecule has 37 heavy (non-hydrogen) atoms. The summed E-state index contributed by atoms with van der Waals surface area (Å²) in [6, 6.07) is 20.1. The summed E-state index contributed by atoms with van der Waals surface area (Å²) in [7, 11) is 0. The Morgan fingerprint density at radius 3 is 2.41 bits per heavy atom. The molecule has 2 atom stereocenters. The first-order valence-electron chi connectivity index (χ1n) is 13.8. The molecule has 4 saturated heterocycles. The zero-order valence-corrected chi connectivity index (χ0v) is 21.7. The minimum absolute atomic E-state index is 0.0803. The Morgan fingerprint density at radius 2 is 1.70 bits per heavy atom. The number of likely N-dealkylation sites (tertiary alicyclic amines) is 1. The van der Waals surface area contributed by atoms with E-state index in [1.54, 1.807) is 0 Å². The zero-order valence-electron chi connectivity index (χ0n) is 21.7. The average Bonchev–Trinajstić information content (AvgIpc) is 3.42. The number of hydrogen-bond donors (Lipinski definition) is 0. The molecule has 0 N–H and O–H groups in total. The number of carbonyl (C=O) groups excluding carboxylic acids is 1. The smallest absolute Gasteiger partial charge is 0.331 e. The highest BCUT2D eigenvalue weighted by atomic mass is 16.5. The maximum atomic E-state index is 14.0. The molecule has 7 nitrogen and oxygen atoms in total. The van der Waals surface area contributed by atoms with Gasteiger partial charge < -0.3 is 13.7 Å². The Labute approximate surface area is 219 Å². The van der Waals surface area contributed by atoms with Gasteiger partial charge in [-0.2, -0.15) is 4.98 Å². The monoisotopic (exact) mass is 501 g/mol. The fraction of sp³-hybridized carbons (Fsp3) is 0.500. The minimum Gasteiger partial charge on any atom is -0.454 e. The van der Waals surface area contributed by atoms with Crippen molar-refractivity contribution in [1.29, 1.82) is 0 Å². The standard InChI is InChI=1S/C30H37N4O3/c1-30(25-13-7-3-8-14-25,33-17-9-4-10-18-33)29(35)36-26-21-34(19-15-23(26)16-20-34)22-27-31-28(37-32-27)24-11-5-2-6-12-24/h2-3,5-8,11-14,23,26H,4,9-10,15-22H2,1H3/q+1/t23?,26-,30+,34?/m0/s1. The molecule has 2 aromatic carbocycles. The van der Waals surface area contributed by atoms with E-state index in [2.05, 4.69) is 29.1 Å². The van der Waals surface area contributed by atoms with E-state index in [1.165, 1.54) is 6.42 Å². The first kappa shape index (κ1) is 24.3. The third-order valence-electron chi connectivity index (χ3n) is 8.99. The summed E-state index contributed by atoms with van der Waals surface area (Å²) in [5, 5.41) is 4.31. The lowest BCUT2D eigenvalue weighted by atomic mass is 9.82. The molecule has 0 unspecified atom stereocenters. The van der Waals surface area contributed by atoms with Crippen molar-refractivity contribution in [3.05, 3.63) is 72.1 Å². The van der Waals surface area contributed by atoms with Gasteiger partial charge in [-0.15, -0.1) is 0 Å². The van der Waals surface area contributed by atoms with Crippen molar-refractivity contribution in [3.8, 4) is 11.5 Å². The molecule has 0 radical (unpaired) electrons. The number of quaternary nitrogens is 1. The van der Waals surface area contributed by atoms with Crippen molar-refractivity contribution in [2.45, 2.75) is 57.2 Å². The van der Waals surface area contributed by atoms with Gasteiger partial charge in [0.2, 0.25) is 5.82 Å². The van der Waals surface area contributed by atoms with Gasteiger partial charge in [-0.3, -0.25) is 4.90 Å². The van der Waals surface area contributed by atoms with Crippen molar-refractivity contribution in [2.75, 3.05) is 32.7 Å². The molecule has 4 aliphatic rings. The fourth-order valence-corrected chi connectivity index (χ4v) is 6.68.